The number of aliphatic hydroxyl groups excluding tert-OH is 1. The van der Waals surface area contributed by atoms with Crippen LogP contribution < -0.4 is 0 Å². The number of carboxylic acid groups (broad SMARTS) is 1. The largest absolute Gasteiger partial charge is 0.480 e. The van der Waals surface area contributed by atoms with Gasteiger partial charge in [0.1, 0.15) is 17.7 Å². The number of aliphatic carboxylic acids is 1. The molecule has 1 heterocycles. The lowest BCUT2D eigenvalue weighted by Crippen LogP contribution is -2.41. The molecule has 5 nitrogen and oxygen atoms in total. The van der Waals surface area contributed by atoms with Gasteiger partial charge < -0.3 is 15.1 Å². The zero-order chi connectivity index (χ0) is 14.2. The normalized spacial score (nSPS) is 22.6. The Kier molecular flexibility index (Phi) is 3.48. The van der Waals surface area contributed by atoms with Crippen LogP contribution in [0.4, 0.5) is 8.78 Å². The Labute approximate surface area is 107 Å². The average molecular weight is 271 g/mol. The minimum Gasteiger partial charge on any atom is -0.480 e. The van der Waals surface area contributed by atoms with Crippen LogP contribution in [0.25, 0.3) is 0 Å². The number of nitrogens with zero attached hydrogens (tertiary/aromatic N) is 1. The molecule has 1 fully saturated rings. The monoisotopic (exact) mass is 271 g/mol. The summed E-state index contributed by atoms with van der Waals surface area (Å²) in [5.74, 6) is -3.96. The Morgan fingerprint density at radius 2 is 2.00 bits per heavy atom. The summed E-state index contributed by atoms with van der Waals surface area (Å²) in [6, 6.07) is 1.14. The van der Waals surface area contributed by atoms with Crippen molar-refractivity contribution in [3.05, 3.63) is 35.4 Å². The number of halogens is 2. The zero-order valence-electron chi connectivity index (χ0n) is 9.72. The van der Waals surface area contributed by atoms with Crippen LogP contribution in [0.3, 0.4) is 0 Å². The van der Waals surface area contributed by atoms with Crippen molar-refractivity contribution in [2.75, 3.05) is 6.54 Å². The Bertz CT molecular complexity index is 534. The van der Waals surface area contributed by atoms with Crippen molar-refractivity contribution in [3.63, 3.8) is 0 Å². The van der Waals surface area contributed by atoms with E-state index < -0.39 is 41.2 Å². The summed E-state index contributed by atoms with van der Waals surface area (Å²) in [7, 11) is 0. The summed E-state index contributed by atoms with van der Waals surface area (Å²) in [6.45, 7) is -0.217. The second-order valence-electron chi connectivity index (χ2n) is 4.33. The number of rotatable bonds is 2. The molecule has 1 aliphatic rings. The molecule has 2 atom stereocenters. The van der Waals surface area contributed by atoms with Gasteiger partial charge in [-0.3, -0.25) is 4.79 Å². The quantitative estimate of drug-likeness (QED) is 0.826. The fourth-order valence-corrected chi connectivity index (χ4v) is 2.09. The number of amides is 1. The molecular weight excluding hydrogens is 260 g/mol. The first kappa shape index (κ1) is 13.4. The number of hydrogen-bond acceptors (Lipinski definition) is 3. The molecule has 1 amide bonds. The minimum atomic E-state index is -1.29. The average Bonchev–Trinajstić information content (AvgIpc) is 2.74. The number of aliphatic hydroxyl groups is 1. The molecular formula is C12H11F2NO4. The van der Waals surface area contributed by atoms with Gasteiger partial charge in [-0.25, -0.2) is 13.6 Å². The molecule has 0 spiro atoms. The van der Waals surface area contributed by atoms with E-state index in [1.165, 1.54) is 0 Å². The summed E-state index contributed by atoms with van der Waals surface area (Å²) in [4.78, 5) is 23.8. The first-order valence-corrected chi connectivity index (χ1v) is 5.57. The third-order valence-corrected chi connectivity index (χ3v) is 2.98. The van der Waals surface area contributed by atoms with Crippen molar-refractivity contribution in [1.82, 2.24) is 4.90 Å². The molecule has 0 bridgehead atoms. The van der Waals surface area contributed by atoms with Crippen LogP contribution >= 0.6 is 0 Å². The fourth-order valence-electron chi connectivity index (χ4n) is 2.09. The van der Waals surface area contributed by atoms with Crippen molar-refractivity contribution in [2.24, 2.45) is 0 Å². The highest BCUT2D eigenvalue weighted by atomic mass is 19.1. The first-order valence-electron chi connectivity index (χ1n) is 5.57. The molecule has 1 aromatic rings. The number of β-amino-alcohol motifs (C(OH)–C–C–N with tert-alkyl or cyclic N) is 1. The molecule has 19 heavy (non-hydrogen) atoms. The Morgan fingerprint density at radius 1 is 1.32 bits per heavy atom. The number of carbonyl (C=O) groups excluding carboxylic acids is 1. The maximum atomic E-state index is 13.5. The van der Waals surface area contributed by atoms with E-state index in [4.69, 9.17) is 5.11 Å². The van der Waals surface area contributed by atoms with Crippen LogP contribution in [-0.2, 0) is 4.79 Å². The summed E-state index contributed by atoms with van der Waals surface area (Å²) in [5.41, 5.74) is -0.541. The van der Waals surface area contributed by atoms with E-state index in [1.54, 1.807) is 0 Å². The summed E-state index contributed by atoms with van der Waals surface area (Å²) >= 11 is 0. The van der Waals surface area contributed by atoms with Crippen molar-refractivity contribution in [1.29, 1.82) is 0 Å². The third kappa shape index (κ3) is 2.55. The molecule has 0 radical (unpaired) electrons. The van der Waals surface area contributed by atoms with Gasteiger partial charge in [-0.2, -0.15) is 0 Å². The predicted molar refractivity (Wildman–Crippen MR) is 59.4 cm³/mol. The highest BCUT2D eigenvalue weighted by Gasteiger charge is 2.39. The van der Waals surface area contributed by atoms with E-state index in [0.717, 1.165) is 17.0 Å². The molecule has 2 rings (SSSR count). The molecule has 1 aliphatic heterocycles. The van der Waals surface area contributed by atoms with E-state index in [0.29, 0.717) is 6.07 Å². The van der Waals surface area contributed by atoms with Crippen LogP contribution in [-0.4, -0.2) is 45.7 Å². The lowest BCUT2D eigenvalue weighted by Gasteiger charge is -2.21. The van der Waals surface area contributed by atoms with E-state index in [1.807, 2.05) is 0 Å². The van der Waals surface area contributed by atoms with Gasteiger partial charge >= 0.3 is 5.97 Å². The fraction of sp³-hybridized carbons (Fsp3) is 0.333. The van der Waals surface area contributed by atoms with Gasteiger partial charge in [0.15, 0.2) is 0 Å². The van der Waals surface area contributed by atoms with Crippen LogP contribution in [0, 0.1) is 11.6 Å². The zero-order valence-corrected chi connectivity index (χ0v) is 9.72. The highest BCUT2D eigenvalue weighted by Crippen LogP contribution is 2.22. The number of carboxylic acids is 1. The molecule has 0 aliphatic carbocycles. The standard InChI is InChI=1S/C12H11F2NO4/c13-6-1-2-9(14)8(3-6)11(17)15-5-7(16)4-10(15)12(18)19/h1-3,7,10,16H,4-5H2,(H,18,19)/t7-,10+/m1/s1. The van der Waals surface area contributed by atoms with Crippen LogP contribution in [0.1, 0.15) is 16.8 Å². The van der Waals surface area contributed by atoms with Gasteiger partial charge in [0.05, 0.1) is 11.7 Å². The van der Waals surface area contributed by atoms with Crippen molar-refractivity contribution >= 4 is 11.9 Å². The SMILES string of the molecule is O=C(O)[C@@H]1C[C@@H](O)CN1C(=O)c1cc(F)ccc1F. The molecule has 1 saturated heterocycles. The maximum Gasteiger partial charge on any atom is 0.326 e. The van der Waals surface area contributed by atoms with Crippen molar-refractivity contribution < 1.29 is 28.6 Å². The second kappa shape index (κ2) is 4.93. The Balaban J connectivity index is 2.33. The molecule has 0 aromatic heterocycles. The van der Waals surface area contributed by atoms with Crippen LogP contribution in [0.2, 0.25) is 0 Å². The molecule has 7 heteroatoms. The number of benzene rings is 1. The molecule has 0 unspecified atom stereocenters. The van der Waals surface area contributed by atoms with Crippen LogP contribution in [0.5, 0.6) is 0 Å². The van der Waals surface area contributed by atoms with Gasteiger partial charge in [0.25, 0.3) is 5.91 Å². The lowest BCUT2D eigenvalue weighted by molar-refractivity contribution is -0.141. The van der Waals surface area contributed by atoms with E-state index in [2.05, 4.69) is 0 Å². The van der Waals surface area contributed by atoms with E-state index in [-0.39, 0.29) is 13.0 Å². The molecule has 1 aromatic carbocycles. The minimum absolute atomic E-state index is 0.127. The van der Waals surface area contributed by atoms with Gasteiger partial charge in [-0.15, -0.1) is 0 Å². The lowest BCUT2D eigenvalue weighted by atomic mass is 10.1. The van der Waals surface area contributed by atoms with Gasteiger partial charge in [0, 0.05) is 13.0 Å². The summed E-state index contributed by atoms with van der Waals surface area (Å²) < 4.78 is 26.5. The highest BCUT2D eigenvalue weighted by molar-refractivity contribution is 5.97. The number of carbonyl (C=O) groups is 2. The van der Waals surface area contributed by atoms with E-state index in [9.17, 15) is 23.5 Å². The molecule has 102 valence electrons. The van der Waals surface area contributed by atoms with Gasteiger partial charge in [0.2, 0.25) is 0 Å². The van der Waals surface area contributed by atoms with E-state index >= 15 is 0 Å². The Morgan fingerprint density at radius 3 is 2.63 bits per heavy atom. The topological polar surface area (TPSA) is 77.8 Å². The molecule has 0 saturated carbocycles. The first-order chi connectivity index (χ1) is 8.90. The molecule has 2 N–H and O–H groups in total. The van der Waals surface area contributed by atoms with Crippen molar-refractivity contribution in [3.8, 4) is 0 Å². The van der Waals surface area contributed by atoms with Crippen molar-refractivity contribution in [2.45, 2.75) is 18.6 Å². The number of likely N-dealkylation sites (tertiary alicyclic amines) is 1. The van der Waals surface area contributed by atoms with Gasteiger partial charge in [-0.05, 0) is 18.2 Å². The van der Waals surface area contributed by atoms with Gasteiger partial charge in [-0.1, -0.05) is 0 Å². The maximum absolute atomic E-state index is 13.5. The Hall–Kier alpha value is -2.02. The summed E-state index contributed by atoms with van der Waals surface area (Å²) in [6.07, 6.45) is -1.11. The smallest absolute Gasteiger partial charge is 0.326 e. The summed E-state index contributed by atoms with van der Waals surface area (Å²) in [5, 5.41) is 18.4. The third-order valence-electron chi connectivity index (χ3n) is 2.98. The number of hydrogen-bond donors (Lipinski definition) is 2. The van der Waals surface area contributed by atoms with Crippen LogP contribution in [0.15, 0.2) is 18.2 Å². The second-order valence-corrected chi connectivity index (χ2v) is 4.33. The predicted octanol–water partition coefficient (Wildman–Crippen LogP) is 0.625.